The molecule has 0 heterocycles. The number of rotatable bonds is 10. The number of hydrogen-bond donors (Lipinski definition) is 1. The lowest BCUT2D eigenvalue weighted by Gasteiger charge is -2.03. The van der Waals surface area contributed by atoms with Crippen LogP contribution in [0.4, 0.5) is 0 Å². The molecule has 1 atom stereocenters. The van der Waals surface area contributed by atoms with Gasteiger partial charge < -0.3 is 5.11 Å². The smallest absolute Gasteiger partial charge is 0.0541 e. The van der Waals surface area contributed by atoms with E-state index >= 15 is 0 Å². The van der Waals surface area contributed by atoms with Crippen molar-refractivity contribution in [1.82, 2.24) is 0 Å². The van der Waals surface area contributed by atoms with Gasteiger partial charge in [-0.1, -0.05) is 64.7 Å². The lowest BCUT2D eigenvalue weighted by Crippen LogP contribution is -1.98. The van der Waals surface area contributed by atoms with Crippen molar-refractivity contribution in [3.8, 4) is 0 Å². The van der Waals surface area contributed by atoms with Crippen molar-refractivity contribution in [2.75, 3.05) is 0 Å². The summed E-state index contributed by atoms with van der Waals surface area (Å²) in [6.45, 7) is 5.82. The Kier molecular flexibility index (Phi) is 11.0. The highest BCUT2D eigenvalue weighted by Gasteiger charge is 1.95. The molecule has 0 saturated carbocycles. The molecule has 85 valence electrons. The van der Waals surface area contributed by atoms with E-state index in [9.17, 15) is 0 Å². The molecule has 0 amide bonds. The first-order chi connectivity index (χ1) is 6.77. The van der Waals surface area contributed by atoms with Crippen LogP contribution in [-0.4, -0.2) is 11.2 Å². The van der Waals surface area contributed by atoms with Crippen LogP contribution in [0.5, 0.6) is 0 Å². The molecule has 0 aromatic heterocycles. The van der Waals surface area contributed by atoms with Gasteiger partial charge >= 0.3 is 0 Å². The highest BCUT2D eigenvalue weighted by atomic mass is 16.3. The second-order valence-corrected chi connectivity index (χ2v) is 4.27. The molecule has 1 nitrogen and oxygen atoms in total. The van der Waals surface area contributed by atoms with E-state index in [1.165, 1.54) is 51.4 Å². The van der Waals surface area contributed by atoms with E-state index in [-0.39, 0.29) is 6.10 Å². The van der Waals surface area contributed by atoms with Crippen LogP contribution in [0.15, 0.2) is 0 Å². The van der Waals surface area contributed by atoms with Gasteiger partial charge in [0.25, 0.3) is 0 Å². The largest absolute Gasteiger partial charge is 0.393 e. The highest BCUT2D eigenvalue weighted by Crippen LogP contribution is 2.10. The predicted octanol–water partition coefficient (Wildman–Crippen LogP) is 4.10. The van der Waals surface area contributed by atoms with E-state index in [1.54, 1.807) is 0 Å². The van der Waals surface area contributed by atoms with Gasteiger partial charge in [0.2, 0.25) is 0 Å². The lowest BCUT2D eigenvalue weighted by atomic mass is 10.1. The van der Waals surface area contributed by atoms with Crippen molar-refractivity contribution in [1.29, 1.82) is 0 Å². The maximum Gasteiger partial charge on any atom is 0.0541 e. The molecule has 0 bridgehead atoms. The molecule has 0 fully saturated rings. The Balaban J connectivity index is 2.85. The minimum atomic E-state index is -0.348. The summed E-state index contributed by atoms with van der Waals surface area (Å²) in [4.78, 5) is 0. The van der Waals surface area contributed by atoms with E-state index < -0.39 is 0 Å². The Hall–Kier alpha value is -0.0400. The number of hydrogen-bond acceptors (Lipinski definition) is 1. The molecule has 0 saturated heterocycles. The first-order valence-corrected chi connectivity index (χ1v) is 6.28. The fourth-order valence-electron chi connectivity index (χ4n) is 1.69. The molecule has 0 aromatic carbocycles. The summed E-state index contributed by atoms with van der Waals surface area (Å²) in [7, 11) is 0. The molecule has 0 rings (SSSR count). The minimum Gasteiger partial charge on any atom is -0.393 e. The van der Waals surface area contributed by atoms with Gasteiger partial charge in [0.1, 0.15) is 0 Å². The zero-order valence-corrected chi connectivity index (χ0v) is 9.80. The maximum atomic E-state index is 8.94. The summed E-state index contributed by atoms with van der Waals surface area (Å²) in [6, 6.07) is 0. The zero-order valence-electron chi connectivity index (χ0n) is 9.80. The number of unbranched alkanes of at least 4 members (excludes halogenated alkanes) is 8. The second kappa shape index (κ2) is 11.0. The molecular formula is C13H27O. The fourth-order valence-corrected chi connectivity index (χ4v) is 1.69. The van der Waals surface area contributed by atoms with Crippen molar-refractivity contribution in [2.24, 2.45) is 0 Å². The zero-order chi connectivity index (χ0) is 10.6. The third-order valence-electron chi connectivity index (χ3n) is 2.64. The molecule has 14 heavy (non-hydrogen) atoms. The van der Waals surface area contributed by atoms with E-state index in [2.05, 4.69) is 13.8 Å². The Morgan fingerprint density at radius 1 is 0.857 bits per heavy atom. The second-order valence-electron chi connectivity index (χ2n) is 4.27. The van der Waals surface area contributed by atoms with Crippen LogP contribution in [0.25, 0.3) is 0 Å². The molecular weight excluding hydrogens is 172 g/mol. The third kappa shape index (κ3) is 12.0. The summed E-state index contributed by atoms with van der Waals surface area (Å²) >= 11 is 0. The van der Waals surface area contributed by atoms with Gasteiger partial charge in [-0.2, -0.15) is 0 Å². The quantitative estimate of drug-likeness (QED) is 0.525. The molecule has 0 aliphatic heterocycles. The van der Waals surface area contributed by atoms with Crippen LogP contribution in [0.2, 0.25) is 0 Å². The molecule has 1 unspecified atom stereocenters. The summed E-state index contributed by atoms with van der Waals surface area (Å²) < 4.78 is 0. The fraction of sp³-hybridized carbons (Fsp3) is 0.923. The predicted molar refractivity (Wildman–Crippen MR) is 63.2 cm³/mol. The monoisotopic (exact) mass is 199 g/mol. The Labute approximate surface area is 89.9 Å². The molecule has 0 spiro atoms. The van der Waals surface area contributed by atoms with Crippen molar-refractivity contribution in [3.63, 3.8) is 0 Å². The minimum absolute atomic E-state index is 0.348. The average molecular weight is 199 g/mol. The van der Waals surface area contributed by atoms with Gasteiger partial charge in [0.05, 0.1) is 6.10 Å². The van der Waals surface area contributed by atoms with Crippen LogP contribution in [0, 0.1) is 6.92 Å². The van der Waals surface area contributed by atoms with Gasteiger partial charge in [0, 0.05) is 0 Å². The summed E-state index contributed by atoms with van der Waals surface area (Å²) in [5, 5.41) is 8.94. The van der Waals surface area contributed by atoms with Crippen LogP contribution in [0.1, 0.15) is 71.1 Å². The molecule has 0 aliphatic carbocycles. The van der Waals surface area contributed by atoms with E-state index in [4.69, 9.17) is 5.11 Å². The summed E-state index contributed by atoms with van der Waals surface area (Å²) in [5.74, 6) is 0. The van der Waals surface area contributed by atoms with Gasteiger partial charge in [0.15, 0.2) is 0 Å². The van der Waals surface area contributed by atoms with E-state index in [0.717, 1.165) is 12.8 Å². The van der Waals surface area contributed by atoms with Gasteiger partial charge in [-0.3, -0.25) is 0 Å². The SMILES string of the molecule is [CH2]C(O)CCCCCCCCCCC. The van der Waals surface area contributed by atoms with Gasteiger partial charge in [-0.25, -0.2) is 0 Å². The van der Waals surface area contributed by atoms with Crippen molar-refractivity contribution < 1.29 is 5.11 Å². The topological polar surface area (TPSA) is 20.2 Å². The molecule has 1 heteroatoms. The van der Waals surface area contributed by atoms with E-state index in [0.29, 0.717) is 0 Å². The molecule has 0 aromatic rings. The van der Waals surface area contributed by atoms with Crippen molar-refractivity contribution in [2.45, 2.75) is 77.2 Å². The Morgan fingerprint density at radius 2 is 1.29 bits per heavy atom. The molecule has 1 N–H and O–H groups in total. The number of aliphatic hydroxyl groups excluding tert-OH is 1. The first-order valence-electron chi connectivity index (χ1n) is 6.28. The maximum absolute atomic E-state index is 8.94. The van der Waals surface area contributed by atoms with Crippen LogP contribution < -0.4 is 0 Å². The number of aliphatic hydroxyl groups is 1. The third-order valence-corrected chi connectivity index (χ3v) is 2.64. The average Bonchev–Trinajstić information content (AvgIpc) is 2.15. The highest BCUT2D eigenvalue weighted by molar-refractivity contribution is 4.56. The van der Waals surface area contributed by atoms with Crippen molar-refractivity contribution >= 4 is 0 Å². The van der Waals surface area contributed by atoms with Crippen LogP contribution in [0.3, 0.4) is 0 Å². The molecule has 0 aliphatic rings. The van der Waals surface area contributed by atoms with E-state index in [1.807, 2.05) is 0 Å². The molecule has 1 radical (unpaired) electrons. The lowest BCUT2D eigenvalue weighted by molar-refractivity contribution is 0.205. The van der Waals surface area contributed by atoms with Crippen molar-refractivity contribution in [3.05, 3.63) is 6.92 Å². The normalized spacial score (nSPS) is 13.1. The Bertz CT molecular complexity index is 99.4. The Morgan fingerprint density at radius 3 is 1.71 bits per heavy atom. The first kappa shape index (κ1) is 14.0. The van der Waals surface area contributed by atoms with Gasteiger partial charge in [-0.05, 0) is 13.3 Å². The van der Waals surface area contributed by atoms with Gasteiger partial charge in [-0.15, -0.1) is 0 Å². The van der Waals surface area contributed by atoms with Crippen LogP contribution >= 0.6 is 0 Å². The summed E-state index contributed by atoms with van der Waals surface area (Å²) in [6.07, 6.45) is 12.6. The standard InChI is InChI=1S/C13H27O/c1-3-4-5-6-7-8-9-10-11-12-13(2)14/h13-14H,2-12H2,1H3. The summed E-state index contributed by atoms with van der Waals surface area (Å²) in [5.41, 5.74) is 0. The van der Waals surface area contributed by atoms with Crippen LogP contribution in [-0.2, 0) is 0 Å².